The minimum Gasteiger partial charge on any atom is -0.402 e. The van der Waals surface area contributed by atoms with E-state index in [1.807, 2.05) is 6.92 Å². The molecule has 0 unspecified atom stereocenters. The van der Waals surface area contributed by atoms with E-state index in [4.69, 9.17) is 17.3 Å². The fraction of sp³-hybridized carbons (Fsp3) is 0.667. The van der Waals surface area contributed by atoms with Crippen LogP contribution in [0, 0.1) is 5.92 Å². The second-order valence-corrected chi connectivity index (χ2v) is 3.55. The summed E-state index contributed by atoms with van der Waals surface area (Å²) in [6, 6.07) is 0. The SMILES string of the molecule is CC(N)=C(C=NCC1CC1)CCl. The zero-order valence-electron chi connectivity index (χ0n) is 7.39. The Morgan fingerprint density at radius 3 is 2.75 bits per heavy atom. The maximum Gasteiger partial charge on any atom is 0.0506 e. The zero-order valence-corrected chi connectivity index (χ0v) is 8.14. The predicted molar refractivity (Wildman–Crippen MR) is 53.7 cm³/mol. The summed E-state index contributed by atoms with van der Waals surface area (Å²) in [6.07, 6.45) is 4.47. The molecule has 68 valence electrons. The Morgan fingerprint density at radius 1 is 1.67 bits per heavy atom. The number of allylic oxidation sites excluding steroid dienone is 2. The lowest BCUT2D eigenvalue weighted by atomic mass is 10.3. The van der Waals surface area contributed by atoms with Crippen molar-refractivity contribution in [3.8, 4) is 0 Å². The molecule has 0 radical (unpaired) electrons. The van der Waals surface area contributed by atoms with Crippen LogP contribution in [0.2, 0.25) is 0 Å². The van der Waals surface area contributed by atoms with E-state index >= 15 is 0 Å². The van der Waals surface area contributed by atoms with Gasteiger partial charge in [0, 0.05) is 24.0 Å². The molecule has 0 aromatic heterocycles. The maximum atomic E-state index is 5.66. The van der Waals surface area contributed by atoms with Crippen LogP contribution in [0.1, 0.15) is 19.8 Å². The van der Waals surface area contributed by atoms with Crippen molar-refractivity contribution in [2.45, 2.75) is 19.8 Å². The molecular formula is C9H15ClN2. The average Bonchev–Trinajstić information content (AvgIpc) is 2.80. The molecule has 0 saturated heterocycles. The van der Waals surface area contributed by atoms with Gasteiger partial charge in [-0.15, -0.1) is 11.6 Å². The third kappa shape index (κ3) is 3.26. The Balaban J connectivity index is 2.34. The van der Waals surface area contributed by atoms with Crippen LogP contribution >= 0.6 is 11.6 Å². The molecule has 0 amide bonds. The van der Waals surface area contributed by atoms with E-state index in [0.29, 0.717) is 5.88 Å². The van der Waals surface area contributed by atoms with Crippen molar-refractivity contribution in [1.29, 1.82) is 0 Å². The quantitative estimate of drug-likeness (QED) is 0.529. The smallest absolute Gasteiger partial charge is 0.0506 e. The molecule has 1 rings (SSSR count). The summed E-state index contributed by atoms with van der Waals surface area (Å²) in [5, 5.41) is 0. The van der Waals surface area contributed by atoms with Crippen LogP contribution in [0.5, 0.6) is 0 Å². The second-order valence-electron chi connectivity index (χ2n) is 3.28. The summed E-state index contributed by atoms with van der Waals surface area (Å²) in [4.78, 5) is 4.28. The summed E-state index contributed by atoms with van der Waals surface area (Å²) < 4.78 is 0. The van der Waals surface area contributed by atoms with Gasteiger partial charge in [-0.05, 0) is 25.7 Å². The summed E-state index contributed by atoms with van der Waals surface area (Å²) in [6.45, 7) is 2.79. The summed E-state index contributed by atoms with van der Waals surface area (Å²) >= 11 is 5.66. The molecule has 1 aliphatic carbocycles. The average molecular weight is 187 g/mol. The number of alkyl halides is 1. The van der Waals surface area contributed by atoms with E-state index in [1.54, 1.807) is 6.21 Å². The second kappa shape index (κ2) is 4.51. The molecule has 12 heavy (non-hydrogen) atoms. The van der Waals surface area contributed by atoms with Gasteiger partial charge in [0.15, 0.2) is 0 Å². The molecule has 2 N–H and O–H groups in total. The number of aliphatic imine (C=N–C) groups is 1. The highest BCUT2D eigenvalue weighted by atomic mass is 35.5. The number of halogens is 1. The van der Waals surface area contributed by atoms with Crippen molar-refractivity contribution in [1.82, 2.24) is 0 Å². The summed E-state index contributed by atoms with van der Waals surface area (Å²) in [7, 11) is 0. The molecule has 0 aromatic carbocycles. The lowest BCUT2D eigenvalue weighted by Crippen LogP contribution is -2.01. The van der Waals surface area contributed by atoms with E-state index in [-0.39, 0.29) is 0 Å². The first kappa shape index (κ1) is 9.59. The molecule has 2 nitrogen and oxygen atoms in total. The molecule has 1 saturated carbocycles. The Kier molecular flexibility index (Phi) is 3.60. The van der Waals surface area contributed by atoms with Gasteiger partial charge in [0.1, 0.15) is 0 Å². The predicted octanol–water partition coefficient (Wildman–Crippen LogP) is 1.94. The van der Waals surface area contributed by atoms with Crippen molar-refractivity contribution in [2.75, 3.05) is 12.4 Å². The van der Waals surface area contributed by atoms with Gasteiger partial charge in [0.2, 0.25) is 0 Å². The maximum absolute atomic E-state index is 5.66. The minimum atomic E-state index is 0.455. The molecule has 0 aliphatic heterocycles. The minimum absolute atomic E-state index is 0.455. The normalized spacial score (nSPS) is 19.8. The van der Waals surface area contributed by atoms with Gasteiger partial charge in [0.05, 0.1) is 5.88 Å². The Labute approximate surface area is 78.5 Å². The van der Waals surface area contributed by atoms with Crippen molar-refractivity contribution in [3.05, 3.63) is 11.3 Å². The van der Waals surface area contributed by atoms with Crippen LogP contribution in [0.25, 0.3) is 0 Å². The molecule has 1 aliphatic rings. The monoisotopic (exact) mass is 186 g/mol. The van der Waals surface area contributed by atoms with Crippen LogP contribution in [0.15, 0.2) is 16.3 Å². The Bertz CT molecular complexity index is 201. The first-order chi connectivity index (χ1) is 5.74. The highest BCUT2D eigenvalue weighted by molar-refractivity contribution is 6.21. The van der Waals surface area contributed by atoms with E-state index in [1.165, 1.54) is 12.8 Å². The fourth-order valence-corrected chi connectivity index (χ4v) is 1.13. The molecule has 1 fully saturated rings. The first-order valence-electron chi connectivity index (χ1n) is 4.25. The molecule has 0 aromatic rings. The third-order valence-electron chi connectivity index (χ3n) is 1.96. The van der Waals surface area contributed by atoms with Gasteiger partial charge in [0.25, 0.3) is 0 Å². The van der Waals surface area contributed by atoms with E-state index < -0.39 is 0 Å². The number of hydrogen-bond donors (Lipinski definition) is 1. The van der Waals surface area contributed by atoms with E-state index in [9.17, 15) is 0 Å². The number of rotatable bonds is 4. The highest BCUT2D eigenvalue weighted by Crippen LogP contribution is 2.28. The van der Waals surface area contributed by atoms with Gasteiger partial charge in [-0.25, -0.2) is 0 Å². The van der Waals surface area contributed by atoms with Crippen LogP contribution in [0.4, 0.5) is 0 Å². The number of nitrogens with zero attached hydrogens (tertiary/aromatic N) is 1. The third-order valence-corrected chi connectivity index (χ3v) is 2.25. The molecule has 0 spiro atoms. The molecule has 0 heterocycles. The molecule has 0 bridgehead atoms. The topological polar surface area (TPSA) is 38.4 Å². The summed E-state index contributed by atoms with van der Waals surface area (Å²) in [5.41, 5.74) is 7.29. The van der Waals surface area contributed by atoms with Crippen molar-refractivity contribution in [3.63, 3.8) is 0 Å². The van der Waals surface area contributed by atoms with Crippen LogP contribution in [-0.4, -0.2) is 18.6 Å². The lowest BCUT2D eigenvalue weighted by Gasteiger charge is -1.97. The van der Waals surface area contributed by atoms with E-state index in [0.717, 1.165) is 23.7 Å². The zero-order chi connectivity index (χ0) is 8.97. The van der Waals surface area contributed by atoms with Crippen molar-refractivity contribution < 1.29 is 0 Å². The number of nitrogens with two attached hydrogens (primary N) is 1. The van der Waals surface area contributed by atoms with Crippen LogP contribution < -0.4 is 5.73 Å². The molecule has 3 heteroatoms. The van der Waals surface area contributed by atoms with Crippen molar-refractivity contribution >= 4 is 17.8 Å². The van der Waals surface area contributed by atoms with E-state index in [2.05, 4.69) is 4.99 Å². The van der Waals surface area contributed by atoms with Crippen molar-refractivity contribution in [2.24, 2.45) is 16.6 Å². The van der Waals surface area contributed by atoms with Gasteiger partial charge < -0.3 is 5.73 Å². The van der Waals surface area contributed by atoms with Gasteiger partial charge in [-0.3, -0.25) is 4.99 Å². The largest absolute Gasteiger partial charge is 0.402 e. The van der Waals surface area contributed by atoms with Gasteiger partial charge in [-0.2, -0.15) is 0 Å². The fourth-order valence-electron chi connectivity index (χ4n) is 0.854. The first-order valence-corrected chi connectivity index (χ1v) is 4.78. The standard InChI is InChI=1S/C9H15ClN2/c1-7(11)9(4-10)6-12-5-8-2-3-8/h6,8H,2-5,11H2,1H3. The van der Waals surface area contributed by atoms with Gasteiger partial charge >= 0.3 is 0 Å². The Hall–Kier alpha value is -0.500. The highest BCUT2D eigenvalue weighted by Gasteiger charge is 2.19. The molecular weight excluding hydrogens is 172 g/mol. The number of hydrogen-bond acceptors (Lipinski definition) is 2. The Morgan fingerprint density at radius 2 is 2.33 bits per heavy atom. The van der Waals surface area contributed by atoms with Crippen LogP contribution in [0.3, 0.4) is 0 Å². The van der Waals surface area contributed by atoms with Gasteiger partial charge in [-0.1, -0.05) is 0 Å². The molecule has 0 atom stereocenters. The summed E-state index contributed by atoms with van der Waals surface area (Å²) in [5.74, 6) is 1.28. The lowest BCUT2D eigenvalue weighted by molar-refractivity contribution is 0.851. The van der Waals surface area contributed by atoms with Crippen LogP contribution in [-0.2, 0) is 0 Å².